The van der Waals surface area contributed by atoms with Gasteiger partial charge >= 0.3 is 0 Å². The molecule has 0 bridgehead atoms. The van der Waals surface area contributed by atoms with E-state index in [0.29, 0.717) is 38.6 Å². The Hall–Kier alpha value is -7.49. The normalized spacial score (nSPS) is 15.1. The summed E-state index contributed by atoms with van der Waals surface area (Å²) in [6, 6.07) is 2.53. The second-order valence-corrected chi connectivity index (χ2v) is 25.8. The van der Waals surface area contributed by atoms with Crippen LogP contribution in [-0.4, -0.2) is 157 Å². The molecule has 0 aromatic heterocycles. The van der Waals surface area contributed by atoms with Gasteiger partial charge in [0.25, 0.3) is 0 Å². The number of unbranched alkanes of at least 4 members (excludes halogenated alkanes) is 2. The van der Waals surface area contributed by atoms with Gasteiger partial charge in [0.2, 0.25) is 59.1 Å². The number of aliphatic hydroxyl groups is 1. The SMILES string of the molecule is CC[C@H](C)[C@H](NC(=O)[C@H](CCCN=C(N)N)NC(=O)[C@H](CCCCN)NC(=O)[C@H](CC(C)C)NC(=O)[C@H](CC(C)C)NC(=O)CNCc1cccc2ccccc12)C(=O)N[C@@H](CCCCN)C(=O)N[C@H](C(=O)N[C@@H](CC(C)C)C(=O)N[C@@H](CC(C)C)C(N)=O)[C@@H](C)O. The van der Waals surface area contributed by atoms with Crippen LogP contribution in [0.3, 0.4) is 0 Å². The number of primary amides is 1. The molecule has 0 aliphatic rings. The third-order valence-electron chi connectivity index (χ3n) is 15.5. The number of aliphatic hydroxyl groups excluding tert-OH is 1. The maximum Gasteiger partial charge on any atom is 0.245 e. The monoisotopic (exact) mass is 1290 g/mol. The van der Waals surface area contributed by atoms with Gasteiger partial charge < -0.3 is 86.9 Å². The van der Waals surface area contributed by atoms with Gasteiger partial charge in [0.05, 0.1) is 12.6 Å². The standard InChI is InChI=1S/C65H112N16O11/c1-12-41(10)54(63(91)76-47(26-16-18-29-67)59(87)81-55(42(11)82)64(92)79-52(34-40(8)9)62(90)77-49(56(68)84)31-37(2)3)80-58(86)48(27-20-30-72-65(69)70)74-57(85)46(25-15-17-28-66)75-61(89)51(33-39(6)7)78-60(88)50(32-38(4)5)73-53(83)36-71-35-44-23-19-22-43-21-13-14-24-45(43)44/h13-14,19,21-24,37-42,46-52,54-55,71,82H,12,15-18,20,25-36,66-67H2,1-11H3,(H2,68,84)(H,73,83)(H,74,85)(H,75,89)(H,76,91)(H,77,90)(H,78,88)(H,79,92)(H,80,86)(H,81,87)(H4,69,70,72)/t41-,42+,46-,47-,48-,49-,50-,51-,52-,54-,55-/m0/s1. The number of fused-ring (bicyclic) bond motifs is 1. The minimum absolute atomic E-state index is 0.00834. The van der Waals surface area contributed by atoms with Crippen LogP contribution in [0.5, 0.6) is 0 Å². The zero-order chi connectivity index (χ0) is 69.2. The summed E-state index contributed by atoms with van der Waals surface area (Å²) in [4.78, 5) is 144. The van der Waals surface area contributed by atoms with Gasteiger partial charge in [-0.1, -0.05) is 118 Å². The first-order valence-corrected chi connectivity index (χ1v) is 32.7. The molecule has 0 saturated heterocycles. The number of hydrogen-bond acceptors (Lipinski definition) is 15. The lowest BCUT2D eigenvalue weighted by Gasteiger charge is -2.30. The Morgan fingerprint density at radius 3 is 1.32 bits per heavy atom. The molecule has 2 aromatic rings. The van der Waals surface area contributed by atoms with E-state index in [1.54, 1.807) is 13.8 Å². The molecular formula is C65H112N16O11. The van der Waals surface area contributed by atoms with Crippen LogP contribution in [0.1, 0.15) is 165 Å². The van der Waals surface area contributed by atoms with Gasteiger partial charge in [-0.05, 0) is 143 Å². The van der Waals surface area contributed by atoms with Gasteiger partial charge in [-0.3, -0.25) is 52.9 Å². The van der Waals surface area contributed by atoms with E-state index in [1.165, 1.54) is 6.92 Å². The number of nitrogens with one attached hydrogen (secondary N) is 10. The number of nitrogens with zero attached hydrogens (tertiary/aromatic N) is 1. The zero-order valence-corrected chi connectivity index (χ0v) is 56.3. The number of guanidine groups is 1. The molecule has 2 rings (SSSR count). The highest BCUT2D eigenvalue weighted by molar-refractivity contribution is 5.99. The summed E-state index contributed by atoms with van der Waals surface area (Å²) >= 11 is 0. The molecule has 0 heterocycles. The molecule has 11 atom stereocenters. The summed E-state index contributed by atoms with van der Waals surface area (Å²) in [6.07, 6.45) is 1.40. The number of amides is 10. The molecular weight excluding hydrogens is 1180 g/mol. The van der Waals surface area contributed by atoms with E-state index < -0.39 is 125 Å². The highest BCUT2D eigenvalue weighted by Crippen LogP contribution is 2.19. The smallest absolute Gasteiger partial charge is 0.245 e. The fourth-order valence-electron chi connectivity index (χ4n) is 10.4. The van der Waals surface area contributed by atoms with Gasteiger partial charge in [-0.2, -0.15) is 0 Å². The molecule has 27 nitrogen and oxygen atoms in total. The molecule has 27 heteroatoms. The second-order valence-electron chi connectivity index (χ2n) is 25.8. The third-order valence-corrected chi connectivity index (χ3v) is 15.5. The fraction of sp³-hybridized carbons (Fsp3) is 0.677. The Kier molecular flexibility index (Phi) is 37.3. The lowest BCUT2D eigenvalue weighted by Crippen LogP contribution is -2.62. The summed E-state index contributed by atoms with van der Waals surface area (Å²) in [6.45, 7) is 20.5. The first-order valence-electron chi connectivity index (χ1n) is 32.7. The van der Waals surface area contributed by atoms with Gasteiger partial charge in [-0.15, -0.1) is 0 Å². The van der Waals surface area contributed by atoms with Crippen LogP contribution >= 0.6 is 0 Å². The van der Waals surface area contributed by atoms with Gasteiger partial charge in [0.15, 0.2) is 5.96 Å². The lowest BCUT2D eigenvalue weighted by atomic mass is 9.96. The molecule has 92 heavy (non-hydrogen) atoms. The summed E-state index contributed by atoms with van der Waals surface area (Å²) in [5.74, 6) is -8.40. The van der Waals surface area contributed by atoms with Crippen molar-refractivity contribution in [3.63, 3.8) is 0 Å². The highest BCUT2D eigenvalue weighted by Gasteiger charge is 2.38. The molecule has 0 aliphatic carbocycles. The molecule has 0 fully saturated rings. The number of rotatable bonds is 45. The van der Waals surface area contributed by atoms with Crippen LogP contribution in [0.25, 0.3) is 10.8 Å². The van der Waals surface area contributed by atoms with E-state index in [9.17, 15) is 53.1 Å². The van der Waals surface area contributed by atoms with Crippen molar-refractivity contribution in [2.45, 2.75) is 227 Å². The molecule has 518 valence electrons. The predicted molar refractivity (Wildman–Crippen MR) is 357 cm³/mol. The maximum absolute atomic E-state index is 14.7. The molecule has 0 aliphatic heterocycles. The van der Waals surface area contributed by atoms with Crippen LogP contribution in [0.2, 0.25) is 0 Å². The largest absolute Gasteiger partial charge is 0.391 e. The predicted octanol–water partition coefficient (Wildman–Crippen LogP) is 0.701. The highest BCUT2D eigenvalue weighted by atomic mass is 16.3. The number of hydrogen-bond donors (Lipinski definition) is 16. The number of carbonyl (C=O) groups excluding carboxylic acids is 10. The van der Waals surface area contributed by atoms with Crippen LogP contribution in [0, 0.1) is 29.6 Å². The average Bonchev–Trinajstić information content (AvgIpc) is 0.903. The van der Waals surface area contributed by atoms with E-state index in [1.807, 2.05) is 97.9 Å². The van der Waals surface area contributed by atoms with Gasteiger partial charge in [0, 0.05) is 13.1 Å². The Balaban J connectivity index is 2.45. The second kappa shape index (κ2) is 42.6. The van der Waals surface area contributed by atoms with Crippen LogP contribution in [0.4, 0.5) is 0 Å². The summed E-state index contributed by atoms with van der Waals surface area (Å²) < 4.78 is 0. The van der Waals surface area contributed by atoms with Crippen LogP contribution < -0.4 is 81.8 Å². The van der Waals surface area contributed by atoms with Crippen molar-refractivity contribution < 1.29 is 53.1 Å². The van der Waals surface area contributed by atoms with Crippen molar-refractivity contribution in [3.05, 3.63) is 48.0 Å². The molecule has 0 saturated carbocycles. The van der Waals surface area contributed by atoms with Crippen molar-refractivity contribution in [3.8, 4) is 0 Å². The third kappa shape index (κ3) is 30.3. The molecule has 0 radical (unpaired) electrons. The minimum atomic E-state index is -1.64. The topological polar surface area (TPSA) is 454 Å². The summed E-state index contributed by atoms with van der Waals surface area (Å²) in [5.41, 5.74) is 29.5. The van der Waals surface area contributed by atoms with Crippen molar-refractivity contribution in [2.75, 3.05) is 26.2 Å². The van der Waals surface area contributed by atoms with Crippen LogP contribution in [-0.2, 0) is 54.5 Å². The van der Waals surface area contributed by atoms with Crippen molar-refractivity contribution >= 4 is 75.8 Å². The first kappa shape index (κ1) is 80.6. The quantitative estimate of drug-likeness (QED) is 0.0247. The Labute approximate surface area is 544 Å². The van der Waals surface area contributed by atoms with Crippen LogP contribution in [0.15, 0.2) is 47.5 Å². The number of benzene rings is 2. The van der Waals surface area contributed by atoms with Crippen molar-refractivity contribution in [1.82, 2.24) is 53.2 Å². The maximum atomic E-state index is 14.7. The van der Waals surface area contributed by atoms with E-state index >= 15 is 0 Å². The minimum Gasteiger partial charge on any atom is -0.391 e. The average molecular weight is 1290 g/mol. The van der Waals surface area contributed by atoms with Crippen molar-refractivity contribution in [2.24, 2.45) is 63.3 Å². The number of carbonyl (C=O) groups is 10. The fourth-order valence-corrected chi connectivity index (χ4v) is 10.4. The summed E-state index contributed by atoms with van der Waals surface area (Å²) in [7, 11) is 0. The number of nitrogens with two attached hydrogens (primary N) is 5. The van der Waals surface area contributed by atoms with Crippen molar-refractivity contribution in [1.29, 1.82) is 0 Å². The molecule has 21 N–H and O–H groups in total. The lowest BCUT2D eigenvalue weighted by molar-refractivity contribution is -0.137. The van der Waals surface area contributed by atoms with E-state index in [4.69, 9.17) is 28.7 Å². The van der Waals surface area contributed by atoms with Gasteiger partial charge in [0.1, 0.15) is 54.4 Å². The molecule has 2 aromatic carbocycles. The molecule has 0 unspecified atom stereocenters. The Bertz CT molecular complexity index is 2700. The van der Waals surface area contributed by atoms with E-state index in [-0.39, 0.29) is 107 Å². The first-order chi connectivity index (χ1) is 43.4. The van der Waals surface area contributed by atoms with E-state index in [0.717, 1.165) is 16.3 Å². The van der Waals surface area contributed by atoms with E-state index in [2.05, 4.69) is 58.2 Å². The zero-order valence-electron chi connectivity index (χ0n) is 56.3. The number of aliphatic imine (C=N–C) groups is 1. The molecule has 0 spiro atoms. The summed E-state index contributed by atoms with van der Waals surface area (Å²) in [5, 5.41) is 40.8. The Morgan fingerprint density at radius 1 is 0.457 bits per heavy atom. The Morgan fingerprint density at radius 2 is 0.848 bits per heavy atom. The molecule has 10 amide bonds. The van der Waals surface area contributed by atoms with Gasteiger partial charge in [-0.25, -0.2) is 0 Å².